The van der Waals surface area contributed by atoms with Gasteiger partial charge in [0.05, 0.1) is 0 Å². The number of likely N-dealkylation sites (tertiary alicyclic amines) is 1. The van der Waals surface area contributed by atoms with Gasteiger partial charge in [0.2, 0.25) is 5.91 Å². The molecule has 0 spiro atoms. The molecule has 8 heteroatoms. The lowest BCUT2D eigenvalue weighted by molar-refractivity contribution is -0.186. The van der Waals surface area contributed by atoms with Crippen LogP contribution in [0.25, 0.3) is 0 Å². The first-order valence-electron chi connectivity index (χ1n) is 7.66. The summed E-state index contributed by atoms with van der Waals surface area (Å²) >= 11 is 3.42. The van der Waals surface area contributed by atoms with Crippen LogP contribution in [-0.2, 0) is 16.0 Å². The minimum atomic E-state index is -4.83. The highest BCUT2D eigenvalue weighted by atomic mass is 79.9. The average Bonchev–Trinajstić information content (AvgIpc) is 2.53. The number of rotatable bonds is 4. The maximum absolute atomic E-state index is 12.4. The monoisotopic (exact) mass is 406 g/mol. The predicted molar refractivity (Wildman–Crippen MR) is 86.3 cm³/mol. The molecule has 4 nitrogen and oxygen atoms in total. The molecular formula is C16H18BrF3N2O2. The molecule has 0 bridgehead atoms. The van der Waals surface area contributed by atoms with Gasteiger partial charge in [-0.25, -0.2) is 0 Å². The van der Waals surface area contributed by atoms with Gasteiger partial charge in [-0.1, -0.05) is 34.1 Å². The van der Waals surface area contributed by atoms with E-state index in [4.69, 9.17) is 0 Å². The van der Waals surface area contributed by atoms with Crippen LogP contribution in [-0.4, -0.2) is 42.0 Å². The number of nitrogens with one attached hydrogen (secondary N) is 1. The molecule has 1 heterocycles. The zero-order chi connectivity index (χ0) is 17.7. The van der Waals surface area contributed by atoms with E-state index in [-0.39, 0.29) is 25.0 Å². The van der Waals surface area contributed by atoms with Crippen molar-refractivity contribution in [3.05, 3.63) is 34.3 Å². The molecule has 1 aliphatic heterocycles. The molecule has 0 atom stereocenters. The molecule has 1 aliphatic rings. The summed E-state index contributed by atoms with van der Waals surface area (Å²) in [6.45, 7) is 0.0149. The number of benzene rings is 1. The van der Waals surface area contributed by atoms with E-state index in [0.717, 1.165) is 14.9 Å². The van der Waals surface area contributed by atoms with Crippen molar-refractivity contribution in [1.82, 2.24) is 10.2 Å². The molecule has 132 valence electrons. The second-order valence-electron chi connectivity index (χ2n) is 5.72. The van der Waals surface area contributed by atoms with Crippen molar-refractivity contribution < 1.29 is 22.8 Å². The van der Waals surface area contributed by atoms with Crippen LogP contribution in [0.15, 0.2) is 28.7 Å². The standard InChI is InChI=1S/C16H18BrF3N2O2/c17-13-4-2-1-3-11(13)5-6-14(23)21-12-7-9-22(10-8-12)15(24)16(18,19)20/h1-4,12H,5-10H2,(H,21,23). The topological polar surface area (TPSA) is 49.4 Å². The van der Waals surface area contributed by atoms with Gasteiger partial charge >= 0.3 is 12.1 Å². The van der Waals surface area contributed by atoms with Crippen LogP contribution in [0.2, 0.25) is 0 Å². The first-order chi connectivity index (χ1) is 11.3. The van der Waals surface area contributed by atoms with E-state index in [9.17, 15) is 22.8 Å². The van der Waals surface area contributed by atoms with Crippen molar-refractivity contribution in [2.45, 2.75) is 37.9 Å². The molecule has 24 heavy (non-hydrogen) atoms. The lowest BCUT2D eigenvalue weighted by atomic mass is 10.0. The average molecular weight is 407 g/mol. The Morgan fingerprint density at radius 1 is 1.21 bits per heavy atom. The van der Waals surface area contributed by atoms with Crippen molar-refractivity contribution in [3.8, 4) is 0 Å². The number of halogens is 4. The zero-order valence-electron chi connectivity index (χ0n) is 12.9. The molecule has 2 amide bonds. The Morgan fingerprint density at radius 3 is 2.42 bits per heavy atom. The zero-order valence-corrected chi connectivity index (χ0v) is 14.5. The Kier molecular flexibility index (Phi) is 6.26. The van der Waals surface area contributed by atoms with Crippen LogP contribution >= 0.6 is 15.9 Å². The van der Waals surface area contributed by atoms with Gasteiger partial charge < -0.3 is 10.2 Å². The SMILES string of the molecule is O=C(CCc1ccccc1Br)NC1CCN(C(=O)C(F)(F)F)CC1. The number of carbonyl (C=O) groups excluding carboxylic acids is 2. The summed E-state index contributed by atoms with van der Waals surface area (Å²) in [6.07, 6.45) is -3.27. The second kappa shape index (κ2) is 8.00. The summed E-state index contributed by atoms with van der Waals surface area (Å²) in [4.78, 5) is 23.9. The fourth-order valence-electron chi connectivity index (χ4n) is 2.66. The van der Waals surface area contributed by atoms with E-state index in [2.05, 4.69) is 21.2 Å². The van der Waals surface area contributed by atoms with Gasteiger partial charge in [0.1, 0.15) is 0 Å². The lowest BCUT2D eigenvalue weighted by Crippen LogP contribution is -2.50. The number of piperidine rings is 1. The first kappa shape index (κ1) is 18.8. The van der Waals surface area contributed by atoms with E-state index < -0.39 is 12.1 Å². The molecule has 0 aromatic heterocycles. The largest absolute Gasteiger partial charge is 0.471 e. The predicted octanol–water partition coefficient (Wildman–Crippen LogP) is 3.05. The molecule has 1 fully saturated rings. The molecule has 0 saturated carbocycles. The van der Waals surface area contributed by atoms with Crippen molar-refractivity contribution in [2.24, 2.45) is 0 Å². The molecule has 1 saturated heterocycles. The summed E-state index contributed by atoms with van der Waals surface area (Å²) in [7, 11) is 0. The number of aryl methyl sites for hydroxylation is 1. The third kappa shape index (κ3) is 5.22. The number of carbonyl (C=O) groups is 2. The Hall–Kier alpha value is -1.57. The van der Waals surface area contributed by atoms with Crippen LogP contribution in [0.4, 0.5) is 13.2 Å². The summed E-state index contributed by atoms with van der Waals surface area (Å²) < 4.78 is 38.1. The minimum absolute atomic E-state index is 0.00746. The normalized spacial score (nSPS) is 16.1. The fraction of sp³-hybridized carbons (Fsp3) is 0.500. The van der Waals surface area contributed by atoms with Gasteiger partial charge in [-0.05, 0) is 30.9 Å². The Morgan fingerprint density at radius 2 is 1.83 bits per heavy atom. The molecule has 0 unspecified atom stereocenters. The van der Waals surface area contributed by atoms with Crippen molar-refractivity contribution in [3.63, 3.8) is 0 Å². The minimum Gasteiger partial charge on any atom is -0.353 e. The Labute approximate surface area is 146 Å². The number of hydrogen-bond donors (Lipinski definition) is 1. The maximum atomic E-state index is 12.4. The number of hydrogen-bond acceptors (Lipinski definition) is 2. The van der Waals surface area contributed by atoms with E-state index in [1.54, 1.807) is 0 Å². The number of alkyl halides is 3. The van der Waals surface area contributed by atoms with Gasteiger partial charge in [0, 0.05) is 30.0 Å². The fourth-order valence-corrected chi connectivity index (χ4v) is 3.14. The highest BCUT2D eigenvalue weighted by Crippen LogP contribution is 2.22. The van der Waals surface area contributed by atoms with Crippen molar-refractivity contribution in [1.29, 1.82) is 0 Å². The Bertz CT molecular complexity index is 599. The summed E-state index contributed by atoms with van der Waals surface area (Å²) in [5.74, 6) is -1.94. The summed E-state index contributed by atoms with van der Waals surface area (Å²) in [5, 5.41) is 2.83. The molecule has 2 rings (SSSR count). The van der Waals surface area contributed by atoms with Gasteiger partial charge in [-0.3, -0.25) is 9.59 Å². The van der Waals surface area contributed by atoms with Crippen molar-refractivity contribution >= 4 is 27.7 Å². The van der Waals surface area contributed by atoms with Gasteiger partial charge in [0.25, 0.3) is 0 Å². The van der Waals surface area contributed by atoms with Gasteiger partial charge in [-0.2, -0.15) is 13.2 Å². The van der Waals surface area contributed by atoms with Crippen LogP contribution in [0.5, 0.6) is 0 Å². The van der Waals surface area contributed by atoms with E-state index in [1.165, 1.54) is 0 Å². The van der Waals surface area contributed by atoms with E-state index >= 15 is 0 Å². The molecule has 1 N–H and O–H groups in total. The third-order valence-electron chi connectivity index (χ3n) is 3.97. The quantitative estimate of drug-likeness (QED) is 0.835. The highest BCUT2D eigenvalue weighted by Gasteiger charge is 2.43. The molecule has 1 aromatic rings. The molecular weight excluding hydrogens is 389 g/mol. The van der Waals surface area contributed by atoms with Crippen molar-refractivity contribution in [2.75, 3.05) is 13.1 Å². The van der Waals surface area contributed by atoms with Crippen LogP contribution in [0.1, 0.15) is 24.8 Å². The second-order valence-corrected chi connectivity index (χ2v) is 6.58. The lowest BCUT2D eigenvalue weighted by Gasteiger charge is -2.32. The van der Waals surface area contributed by atoms with Crippen LogP contribution in [0, 0.1) is 0 Å². The maximum Gasteiger partial charge on any atom is 0.471 e. The third-order valence-corrected chi connectivity index (χ3v) is 4.74. The van der Waals surface area contributed by atoms with Crippen LogP contribution in [0.3, 0.4) is 0 Å². The smallest absolute Gasteiger partial charge is 0.353 e. The van der Waals surface area contributed by atoms with Gasteiger partial charge in [-0.15, -0.1) is 0 Å². The summed E-state index contributed by atoms with van der Waals surface area (Å²) in [6, 6.07) is 7.43. The highest BCUT2D eigenvalue weighted by molar-refractivity contribution is 9.10. The first-order valence-corrected chi connectivity index (χ1v) is 8.45. The number of amides is 2. The molecule has 1 aromatic carbocycles. The van der Waals surface area contributed by atoms with Gasteiger partial charge in [0.15, 0.2) is 0 Å². The molecule has 0 aliphatic carbocycles. The number of nitrogens with zero attached hydrogens (tertiary/aromatic N) is 1. The molecule has 0 radical (unpaired) electrons. The Balaban J connectivity index is 1.74. The summed E-state index contributed by atoms with van der Waals surface area (Å²) in [5.41, 5.74) is 1.03. The van der Waals surface area contributed by atoms with Crippen LogP contribution < -0.4 is 5.32 Å². The van der Waals surface area contributed by atoms with E-state index in [0.29, 0.717) is 25.7 Å². The van der Waals surface area contributed by atoms with E-state index in [1.807, 2.05) is 24.3 Å².